The van der Waals surface area contributed by atoms with E-state index in [0.717, 1.165) is 18.7 Å². The van der Waals surface area contributed by atoms with Crippen LogP contribution in [0.25, 0.3) is 0 Å². The molecule has 2 heterocycles. The van der Waals surface area contributed by atoms with Crippen LogP contribution in [0.5, 0.6) is 5.75 Å². The van der Waals surface area contributed by atoms with Crippen LogP contribution in [-0.4, -0.2) is 79.3 Å². The van der Waals surface area contributed by atoms with Gasteiger partial charge in [-0.05, 0) is 43.4 Å². The Labute approximate surface area is 182 Å². The second kappa shape index (κ2) is 11.7. The molecule has 2 amide bonds. The highest BCUT2D eigenvalue weighted by atomic mass is 16.5. The van der Waals surface area contributed by atoms with Crippen molar-refractivity contribution in [2.45, 2.75) is 44.2 Å². The number of benzene rings is 1. The second-order valence-electron chi connectivity index (χ2n) is 7.90. The Morgan fingerprint density at radius 1 is 1.13 bits per heavy atom. The highest BCUT2D eigenvalue weighted by molar-refractivity contribution is 5.90. The fourth-order valence-corrected chi connectivity index (χ4v) is 3.73. The zero-order valence-corrected chi connectivity index (χ0v) is 17.7. The smallest absolute Gasteiger partial charge is 0.326 e. The molecule has 3 rings (SSSR count). The summed E-state index contributed by atoms with van der Waals surface area (Å²) in [6, 6.07) is 5.71. The van der Waals surface area contributed by atoms with E-state index in [0.29, 0.717) is 51.4 Å². The molecule has 2 atom stereocenters. The number of nitrogens with one attached hydrogen (secondary N) is 2. The first-order valence-electron chi connectivity index (χ1n) is 10.9. The van der Waals surface area contributed by atoms with E-state index >= 15 is 0 Å². The number of aliphatic carboxylic acids is 1. The van der Waals surface area contributed by atoms with Crippen LogP contribution in [0.2, 0.25) is 0 Å². The average molecular weight is 434 g/mol. The van der Waals surface area contributed by atoms with E-state index in [1.807, 2.05) is 24.3 Å². The van der Waals surface area contributed by atoms with Gasteiger partial charge in [0.25, 0.3) is 0 Å². The lowest BCUT2D eigenvalue weighted by atomic mass is 10.1. The van der Waals surface area contributed by atoms with Crippen molar-refractivity contribution >= 4 is 17.8 Å². The van der Waals surface area contributed by atoms with Gasteiger partial charge in [-0.3, -0.25) is 14.5 Å². The van der Waals surface area contributed by atoms with E-state index in [1.54, 1.807) is 0 Å². The van der Waals surface area contributed by atoms with Gasteiger partial charge in [-0.25, -0.2) is 4.79 Å². The molecule has 31 heavy (non-hydrogen) atoms. The Bertz CT molecular complexity index is 765. The van der Waals surface area contributed by atoms with Gasteiger partial charge in [0.2, 0.25) is 11.8 Å². The molecule has 9 heteroatoms. The van der Waals surface area contributed by atoms with Crippen molar-refractivity contribution in [3.8, 4) is 5.75 Å². The van der Waals surface area contributed by atoms with Crippen LogP contribution >= 0.6 is 0 Å². The van der Waals surface area contributed by atoms with Crippen molar-refractivity contribution in [2.75, 3.05) is 39.5 Å². The zero-order chi connectivity index (χ0) is 22.1. The Hall–Kier alpha value is -2.65. The summed E-state index contributed by atoms with van der Waals surface area (Å²) in [6.07, 6.45) is 1.88. The fraction of sp³-hybridized carbons (Fsp3) is 0.591. The molecule has 1 saturated heterocycles. The van der Waals surface area contributed by atoms with Gasteiger partial charge in [-0.1, -0.05) is 12.1 Å². The van der Waals surface area contributed by atoms with E-state index in [1.165, 1.54) is 0 Å². The van der Waals surface area contributed by atoms with Gasteiger partial charge >= 0.3 is 5.97 Å². The van der Waals surface area contributed by atoms with Crippen molar-refractivity contribution in [3.63, 3.8) is 0 Å². The standard InChI is InChI=1S/C22H31N3O6/c26-20-7-6-16-3-1-4-17(15-16)31-12-2-5-19(22(28)29)24-21(27)18(23-20)8-9-25-10-13-30-14-11-25/h1,3-4,15,18-19H,2,5-14H2,(H,23,26)(H,24,27)(H,28,29)/t18-,19-/m0/s1. The number of rotatable bonds is 4. The van der Waals surface area contributed by atoms with Crippen LogP contribution < -0.4 is 15.4 Å². The van der Waals surface area contributed by atoms with Gasteiger partial charge in [0.05, 0.1) is 19.8 Å². The molecule has 0 aromatic heterocycles. The Balaban J connectivity index is 1.70. The number of ether oxygens (including phenoxy) is 2. The third kappa shape index (κ3) is 7.52. The topological polar surface area (TPSA) is 117 Å². The summed E-state index contributed by atoms with van der Waals surface area (Å²) < 4.78 is 11.1. The first-order chi connectivity index (χ1) is 15.0. The number of carbonyl (C=O) groups is 3. The van der Waals surface area contributed by atoms with Crippen molar-refractivity contribution in [2.24, 2.45) is 0 Å². The number of aryl methyl sites for hydroxylation is 1. The lowest BCUT2D eigenvalue weighted by Gasteiger charge is -2.28. The fourth-order valence-electron chi connectivity index (χ4n) is 3.73. The molecule has 0 aliphatic carbocycles. The van der Waals surface area contributed by atoms with Crippen LogP contribution in [0, 0.1) is 0 Å². The van der Waals surface area contributed by atoms with E-state index in [4.69, 9.17) is 9.47 Å². The first kappa shape index (κ1) is 23.0. The lowest BCUT2D eigenvalue weighted by molar-refractivity contribution is -0.142. The summed E-state index contributed by atoms with van der Waals surface area (Å²) in [6.45, 7) is 3.81. The van der Waals surface area contributed by atoms with Crippen LogP contribution in [0.4, 0.5) is 0 Å². The molecule has 1 aromatic rings. The van der Waals surface area contributed by atoms with Crippen LogP contribution in [0.15, 0.2) is 24.3 Å². The number of nitrogens with zero attached hydrogens (tertiary/aromatic N) is 1. The van der Waals surface area contributed by atoms with Crippen molar-refractivity contribution in [3.05, 3.63) is 29.8 Å². The molecule has 9 nitrogen and oxygen atoms in total. The van der Waals surface area contributed by atoms with Gasteiger partial charge in [0.15, 0.2) is 0 Å². The molecule has 1 fully saturated rings. The molecular formula is C22H31N3O6. The summed E-state index contributed by atoms with van der Waals surface area (Å²) in [5.74, 6) is -1.12. The van der Waals surface area contributed by atoms with Crippen molar-refractivity contribution in [1.29, 1.82) is 0 Å². The maximum Gasteiger partial charge on any atom is 0.326 e. The van der Waals surface area contributed by atoms with Gasteiger partial charge in [0.1, 0.15) is 17.8 Å². The molecular weight excluding hydrogens is 402 g/mol. The number of morpholine rings is 1. The molecule has 0 spiro atoms. The molecule has 2 bridgehead atoms. The Kier molecular flexibility index (Phi) is 8.66. The number of hydrogen-bond acceptors (Lipinski definition) is 6. The largest absolute Gasteiger partial charge is 0.494 e. The highest BCUT2D eigenvalue weighted by Crippen LogP contribution is 2.16. The number of carboxylic acids is 1. The van der Waals surface area contributed by atoms with Gasteiger partial charge in [-0.15, -0.1) is 0 Å². The van der Waals surface area contributed by atoms with Crippen molar-refractivity contribution in [1.82, 2.24) is 15.5 Å². The summed E-state index contributed by atoms with van der Waals surface area (Å²) in [5, 5.41) is 14.9. The molecule has 0 radical (unpaired) electrons. The van der Waals surface area contributed by atoms with Gasteiger partial charge < -0.3 is 25.2 Å². The monoisotopic (exact) mass is 433 g/mol. The minimum Gasteiger partial charge on any atom is -0.494 e. The van der Waals surface area contributed by atoms with E-state index in [9.17, 15) is 19.5 Å². The summed E-state index contributed by atoms with van der Waals surface area (Å²) in [5.41, 5.74) is 0.972. The molecule has 0 unspecified atom stereocenters. The lowest BCUT2D eigenvalue weighted by Crippen LogP contribution is -2.53. The molecule has 0 saturated carbocycles. The maximum absolute atomic E-state index is 12.9. The molecule has 1 aromatic carbocycles. The molecule has 2 aliphatic rings. The molecule has 170 valence electrons. The molecule has 3 N–H and O–H groups in total. The highest BCUT2D eigenvalue weighted by Gasteiger charge is 2.27. The third-order valence-electron chi connectivity index (χ3n) is 5.55. The van der Waals surface area contributed by atoms with Gasteiger partial charge in [0, 0.05) is 26.1 Å². The van der Waals surface area contributed by atoms with E-state index < -0.39 is 24.0 Å². The zero-order valence-electron chi connectivity index (χ0n) is 17.7. The number of hydrogen-bond donors (Lipinski definition) is 3. The van der Waals surface area contributed by atoms with Gasteiger partial charge in [-0.2, -0.15) is 0 Å². The van der Waals surface area contributed by atoms with Crippen LogP contribution in [0.1, 0.15) is 31.2 Å². The number of fused-ring (bicyclic) bond motifs is 2. The summed E-state index contributed by atoms with van der Waals surface area (Å²) >= 11 is 0. The Morgan fingerprint density at radius 2 is 1.94 bits per heavy atom. The first-order valence-corrected chi connectivity index (χ1v) is 10.9. The number of carboxylic acid groups (broad SMARTS) is 1. The predicted molar refractivity (Wildman–Crippen MR) is 113 cm³/mol. The van der Waals surface area contributed by atoms with Crippen LogP contribution in [-0.2, 0) is 25.5 Å². The minimum absolute atomic E-state index is 0.229. The maximum atomic E-state index is 12.9. The van der Waals surface area contributed by atoms with Crippen molar-refractivity contribution < 1.29 is 29.0 Å². The number of amides is 2. The Morgan fingerprint density at radius 3 is 2.71 bits per heavy atom. The second-order valence-corrected chi connectivity index (χ2v) is 7.90. The number of carbonyl (C=O) groups excluding carboxylic acids is 2. The average Bonchev–Trinajstić information content (AvgIpc) is 2.77. The molecule has 2 aliphatic heterocycles. The summed E-state index contributed by atoms with van der Waals surface area (Å²) in [7, 11) is 0. The SMILES string of the molecule is O=C1CCc2cccc(c2)OCCC[C@@H](C(=O)O)NC(=O)[C@H](CCN2CCOCC2)N1. The quantitative estimate of drug-likeness (QED) is 0.635. The van der Waals surface area contributed by atoms with E-state index in [-0.39, 0.29) is 18.7 Å². The van der Waals surface area contributed by atoms with Crippen LogP contribution in [0.3, 0.4) is 0 Å². The minimum atomic E-state index is -1.10. The third-order valence-corrected chi connectivity index (χ3v) is 5.55. The van der Waals surface area contributed by atoms with E-state index in [2.05, 4.69) is 15.5 Å². The predicted octanol–water partition coefficient (Wildman–Crippen LogP) is 0.568. The normalized spacial score (nSPS) is 24.1. The summed E-state index contributed by atoms with van der Waals surface area (Å²) in [4.78, 5) is 39.3.